The van der Waals surface area contributed by atoms with Crippen molar-refractivity contribution in [1.29, 1.82) is 0 Å². The summed E-state index contributed by atoms with van der Waals surface area (Å²) in [6.07, 6.45) is 1.66. The molecule has 0 amide bonds. The molecule has 2 rings (SSSR count). The lowest BCUT2D eigenvalue weighted by Crippen LogP contribution is -2.02. The van der Waals surface area contributed by atoms with E-state index < -0.39 is 0 Å². The number of hydrogen-bond acceptors (Lipinski definition) is 4. The Morgan fingerprint density at radius 1 is 1.28 bits per heavy atom. The second-order valence-electron chi connectivity index (χ2n) is 3.71. The number of rotatable bonds is 6. The highest BCUT2D eigenvalue weighted by molar-refractivity contribution is 7.09. The Balaban J connectivity index is 1.98. The molecule has 0 N–H and O–H groups in total. The molecule has 0 spiro atoms. The molecule has 1 aromatic carbocycles. The van der Waals surface area contributed by atoms with Gasteiger partial charge in [0.05, 0.1) is 13.7 Å². The standard InChI is InChI=1S/C14H14O3S/c1-16-14-9-11(10-15)4-5-13(14)17-7-6-12-3-2-8-18-12/h2-5,8-10H,6-7H2,1H3. The van der Waals surface area contributed by atoms with Gasteiger partial charge in [0, 0.05) is 16.9 Å². The number of methoxy groups -OCH3 is 1. The van der Waals surface area contributed by atoms with Crippen LogP contribution in [0.3, 0.4) is 0 Å². The number of hydrogen-bond donors (Lipinski definition) is 0. The van der Waals surface area contributed by atoms with Crippen molar-refractivity contribution >= 4 is 17.6 Å². The van der Waals surface area contributed by atoms with Crippen LogP contribution in [0.1, 0.15) is 15.2 Å². The topological polar surface area (TPSA) is 35.5 Å². The second kappa shape index (κ2) is 6.21. The number of thiophene rings is 1. The lowest BCUT2D eigenvalue weighted by molar-refractivity contribution is 0.112. The zero-order valence-electron chi connectivity index (χ0n) is 10.1. The van der Waals surface area contributed by atoms with Crippen molar-refractivity contribution in [3.05, 3.63) is 46.2 Å². The molecular weight excluding hydrogens is 248 g/mol. The van der Waals surface area contributed by atoms with E-state index in [1.54, 1.807) is 36.6 Å². The average Bonchev–Trinajstić information content (AvgIpc) is 2.92. The van der Waals surface area contributed by atoms with Crippen LogP contribution in [-0.4, -0.2) is 20.0 Å². The first kappa shape index (κ1) is 12.6. The van der Waals surface area contributed by atoms with E-state index >= 15 is 0 Å². The number of carbonyl (C=O) groups is 1. The quantitative estimate of drug-likeness (QED) is 0.750. The largest absolute Gasteiger partial charge is 0.493 e. The normalized spacial score (nSPS) is 10.1. The number of benzene rings is 1. The summed E-state index contributed by atoms with van der Waals surface area (Å²) in [5.41, 5.74) is 0.581. The van der Waals surface area contributed by atoms with E-state index in [1.807, 2.05) is 6.07 Å². The highest BCUT2D eigenvalue weighted by Crippen LogP contribution is 2.27. The van der Waals surface area contributed by atoms with Crippen molar-refractivity contribution in [2.24, 2.45) is 0 Å². The molecule has 0 aliphatic carbocycles. The van der Waals surface area contributed by atoms with Gasteiger partial charge in [-0.1, -0.05) is 6.07 Å². The summed E-state index contributed by atoms with van der Waals surface area (Å²) in [7, 11) is 1.57. The summed E-state index contributed by atoms with van der Waals surface area (Å²) in [6, 6.07) is 9.26. The molecule has 0 saturated carbocycles. The smallest absolute Gasteiger partial charge is 0.161 e. The van der Waals surface area contributed by atoms with E-state index in [4.69, 9.17) is 9.47 Å². The summed E-state index contributed by atoms with van der Waals surface area (Å²) in [4.78, 5) is 12.0. The SMILES string of the molecule is COc1cc(C=O)ccc1OCCc1cccs1. The number of carbonyl (C=O) groups excluding carboxylic acids is 1. The fraction of sp³-hybridized carbons (Fsp3) is 0.214. The Hall–Kier alpha value is -1.81. The van der Waals surface area contributed by atoms with Gasteiger partial charge in [0.15, 0.2) is 11.5 Å². The number of aldehydes is 1. The van der Waals surface area contributed by atoms with Crippen molar-refractivity contribution in [3.63, 3.8) is 0 Å². The van der Waals surface area contributed by atoms with Crippen molar-refractivity contribution in [2.45, 2.75) is 6.42 Å². The van der Waals surface area contributed by atoms with Crippen LogP contribution in [-0.2, 0) is 6.42 Å². The Kier molecular flexibility index (Phi) is 4.36. The Morgan fingerprint density at radius 2 is 2.17 bits per heavy atom. The van der Waals surface area contributed by atoms with Gasteiger partial charge >= 0.3 is 0 Å². The lowest BCUT2D eigenvalue weighted by Gasteiger charge is -2.10. The predicted molar refractivity (Wildman–Crippen MR) is 71.9 cm³/mol. The maximum atomic E-state index is 10.7. The van der Waals surface area contributed by atoms with Gasteiger partial charge in [-0.05, 0) is 29.6 Å². The summed E-state index contributed by atoms with van der Waals surface area (Å²) in [5, 5.41) is 2.05. The third-order valence-electron chi connectivity index (χ3n) is 2.51. The summed E-state index contributed by atoms with van der Waals surface area (Å²) in [5.74, 6) is 1.26. The van der Waals surface area contributed by atoms with Gasteiger partial charge in [0.2, 0.25) is 0 Å². The Labute approximate surface area is 110 Å². The van der Waals surface area contributed by atoms with Crippen LogP contribution < -0.4 is 9.47 Å². The molecule has 0 saturated heterocycles. The monoisotopic (exact) mass is 262 g/mol. The van der Waals surface area contributed by atoms with E-state index in [1.165, 1.54) is 4.88 Å². The molecule has 0 bridgehead atoms. The van der Waals surface area contributed by atoms with Crippen LogP contribution in [0, 0.1) is 0 Å². The zero-order valence-corrected chi connectivity index (χ0v) is 10.9. The third-order valence-corrected chi connectivity index (χ3v) is 3.45. The average molecular weight is 262 g/mol. The fourth-order valence-corrected chi connectivity index (χ4v) is 2.28. The van der Waals surface area contributed by atoms with Crippen LogP contribution in [0.25, 0.3) is 0 Å². The van der Waals surface area contributed by atoms with Crippen LogP contribution in [0.2, 0.25) is 0 Å². The van der Waals surface area contributed by atoms with Crippen molar-refractivity contribution in [1.82, 2.24) is 0 Å². The minimum Gasteiger partial charge on any atom is -0.493 e. The van der Waals surface area contributed by atoms with E-state index in [2.05, 4.69) is 11.4 Å². The van der Waals surface area contributed by atoms with Gasteiger partial charge in [0.25, 0.3) is 0 Å². The molecule has 1 aromatic heterocycles. The molecule has 2 aromatic rings. The van der Waals surface area contributed by atoms with E-state index in [9.17, 15) is 4.79 Å². The third kappa shape index (κ3) is 3.11. The van der Waals surface area contributed by atoms with Gasteiger partial charge in [0.1, 0.15) is 6.29 Å². The molecule has 94 valence electrons. The molecule has 0 unspecified atom stereocenters. The minimum absolute atomic E-state index is 0.581. The molecule has 0 fully saturated rings. The van der Waals surface area contributed by atoms with Crippen LogP contribution in [0.5, 0.6) is 11.5 Å². The van der Waals surface area contributed by atoms with Crippen LogP contribution in [0.4, 0.5) is 0 Å². The highest BCUT2D eigenvalue weighted by Gasteiger charge is 2.05. The first-order valence-corrected chi connectivity index (χ1v) is 6.50. The van der Waals surface area contributed by atoms with E-state index in [0.717, 1.165) is 12.7 Å². The molecule has 4 heteroatoms. The molecule has 1 heterocycles. The molecule has 0 atom stereocenters. The predicted octanol–water partition coefficient (Wildman–Crippen LogP) is 3.19. The highest BCUT2D eigenvalue weighted by atomic mass is 32.1. The summed E-state index contributed by atoms with van der Waals surface area (Å²) >= 11 is 1.72. The van der Waals surface area contributed by atoms with Crippen molar-refractivity contribution in [2.75, 3.05) is 13.7 Å². The zero-order chi connectivity index (χ0) is 12.8. The van der Waals surface area contributed by atoms with Crippen molar-refractivity contribution < 1.29 is 14.3 Å². The Morgan fingerprint density at radius 3 is 2.83 bits per heavy atom. The van der Waals surface area contributed by atoms with E-state index in [0.29, 0.717) is 23.7 Å². The first-order valence-electron chi connectivity index (χ1n) is 5.62. The fourth-order valence-electron chi connectivity index (χ4n) is 1.59. The lowest BCUT2D eigenvalue weighted by atomic mass is 10.2. The van der Waals surface area contributed by atoms with Gasteiger partial charge in [-0.15, -0.1) is 11.3 Å². The summed E-state index contributed by atoms with van der Waals surface area (Å²) < 4.78 is 10.9. The maximum Gasteiger partial charge on any atom is 0.161 e. The molecule has 0 radical (unpaired) electrons. The molecular formula is C14H14O3S. The maximum absolute atomic E-state index is 10.7. The molecule has 0 aliphatic heterocycles. The molecule has 3 nitrogen and oxygen atoms in total. The van der Waals surface area contributed by atoms with Gasteiger partial charge in [-0.25, -0.2) is 0 Å². The molecule has 18 heavy (non-hydrogen) atoms. The van der Waals surface area contributed by atoms with Crippen LogP contribution >= 0.6 is 11.3 Å². The van der Waals surface area contributed by atoms with Crippen molar-refractivity contribution in [3.8, 4) is 11.5 Å². The Bertz CT molecular complexity index is 506. The molecule has 0 aliphatic rings. The summed E-state index contributed by atoms with van der Waals surface area (Å²) in [6.45, 7) is 0.595. The van der Waals surface area contributed by atoms with E-state index in [-0.39, 0.29) is 0 Å². The van der Waals surface area contributed by atoms with Gasteiger partial charge < -0.3 is 9.47 Å². The van der Waals surface area contributed by atoms with Gasteiger partial charge in [-0.2, -0.15) is 0 Å². The van der Waals surface area contributed by atoms with Crippen LogP contribution in [0.15, 0.2) is 35.7 Å². The minimum atomic E-state index is 0.581. The first-order chi connectivity index (χ1) is 8.83. The van der Waals surface area contributed by atoms with Gasteiger partial charge in [-0.3, -0.25) is 4.79 Å². The number of ether oxygens (including phenoxy) is 2. The second-order valence-corrected chi connectivity index (χ2v) is 4.74.